The summed E-state index contributed by atoms with van der Waals surface area (Å²) in [5.74, 6) is 0. The normalized spacial score (nSPS) is 12.4. The zero-order valence-corrected chi connectivity index (χ0v) is 4.96. The summed E-state index contributed by atoms with van der Waals surface area (Å²) in [6.45, 7) is 0. The van der Waals surface area contributed by atoms with E-state index in [9.17, 15) is 0 Å². The van der Waals surface area contributed by atoms with Gasteiger partial charge in [-0.05, 0) is 23.3 Å². The Bertz CT molecular complexity index is 274. The number of benzene rings is 1. The molecule has 0 fully saturated rings. The van der Waals surface area contributed by atoms with Gasteiger partial charge in [-0.3, -0.25) is 0 Å². The van der Waals surface area contributed by atoms with E-state index in [4.69, 9.17) is 5.73 Å². The van der Waals surface area contributed by atoms with Gasteiger partial charge in [0, 0.05) is 5.69 Å². The zero-order chi connectivity index (χ0) is 6.27. The smallest absolute Gasteiger partial charge is 0.0320 e. The summed E-state index contributed by atoms with van der Waals surface area (Å²) in [7, 11) is 0. The molecule has 1 aromatic rings. The fraction of sp³-hybridized carbons (Fsp3) is 0. The third-order valence-electron chi connectivity index (χ3n) is 1.55. The molecule has 0 radical (unpaired) electrons. The van der Waals surface area contributed by atoms with Gasteiger partial charge < -0.3 is 5.73 Å². The largest absolute Gasteiger partial charge is 0.399 e. The minimum atomic E-state index is 0.845. The Hall–Kier alpha value is -1.24. The SMILES string of the molecule is Nc1ccc2c(c1)C=C2. The van der Waals surface area contributed by atoms with Crippen LogP contribution >= 0.6 is 0 Å². The van der Waals surface area contributed by atoms with Gasteiger partial charge in [0.15, 0.2) is 0 Å². The highest BCUT2D eigenvalue weighted by atomic mass is 14.5. The van der Waals surface area contributed by atoms with Gasteiger partial charge in [0.2, 0.25) is 0 Å². The first kappa shape index (κ1) is 4.62. The van der Waals surface area contributed by atoms with E-state index in [0.717, 1.165) is 5.69 Å². The molecular weight excluding hydrogens is 110 g/mol. The summed E-state index contributed by atoms with van der Waals surface area (Å²) < 4.78 is 0. The molecule has 0 heterocycles. The first-order valence-corrected chi connectivity index (χ1v) is 2.94. The van der Waals surface area contributed by atoms with Gasteiger partial charge in [-0.25, -0.2) is 0 Å². The highest BCUT2D eigenvalue weighted by Gasteiger charge is 2.02. The van der Waals surface area contributed by atoms with Gasteiger partial charge in [0.1, 0.15) is 0 Å². The lowest BCUT2D eigenvalue weighted by Gasteiger charge is -2.09. The third kappa shape index (κ3) is 0.545. The third-order valence-corrected chi connectivity index (χ3v) is 1.55. The molecule has 1 nitrogen and oxygen atoms in total. The second kappa shape index (κ2) is 1.38. The van der Waals surface area contributed by atoms with Crippen LogP contribution in [0.4, 0.5) is 5.69 Å². The first-order chi connectivity index (χ1) is 4.36. The molecule has 0 amide bonds. The molecule has 1 heteroatoms. The lowest BCUT2D eigenvalue weighted by molar-refractivity contribution is 1.57. The molecule has 1 aliphatic carbocycles. The lowest BCUT2D eigenvalue weighted by Crippen LogP contribution is -1.91. The van der Waals surface area contributed by atoms with Crippen molar-refractivity contribution in [2.75, 3.05) is 5.73 Å². The molecule has 0 saturated carbocycles. The number of hydrogen-bond acceptors (Lipinski definition) is 1. The summed E-state index contributed by atoms with van der Waals surface area (Å²) in [6, 6.07) is 5.93. The van der Waals surface area contributed by atoms with Crippen molar-refractivity contribution in [3.05, 3.63) is 29.3 Å². The van der Waals surface area contributed by atoms with Crippen LogP contribution in [0.2, 0.25) is 0 Å². The predicted molar refractivity (Wildman–Crippen MR) is 39.8 cm³/mol. The first-order valence-electron chi connectivity index (χ1n) is 2.94. The highest BCUT2D eigenvalue weighted by molar-refractivity contribution is 5.86. The van der Waals surface area contributed by atoms with Crippen molar-refractivity contribution in [1.82, 2.24) is 0 Å². The zero-order valence-electron chi connectivity index (χ0n) is 4.96. The van der Waals surface area contributed by atoms with Crippen LogP contribution in [0.5, 0.6) is 0 Å². The minimum Gasteiger partial charge on any atom is -0.399 e. The van der Waals surface area contributed by atoms with E-state index in [1.54, 1.807) is 0 Å². The van der Waals surface area contributed by atoms with Crippen LogP contribution in [-0.4, -0.2) is 0 Å². The van der Waals surface area contributed by atoms with Crippen molar-refractivity contribution < 1.29 is 0 Å². The molecule has 44 valence electrons. The molecule has 0 spiro atoms. The maximum absolute atomic E-state index is 5.53. The maximum atomic E-state index is 5.53. The summed E-state index contributed by atoms with van der Waals surface area (Å²) in [5, 5.41) is 0. The minimum absolute atomic E-state index is 0.845. The van der Waals surface area contributed by atoms with Crippen molar-refractivity contribution in [2.24, 2.45) is 0 Å². The van der Waals surface area contributed by atoms with Gasteiger partial charge in [-0.15, -0.1) is 0 Å². The number of anilines is 1. The molecule has 2 rings (SSSR count). The summed E-state index contributed by atoms with van der Waals surface area (Å²) >= 11 is 0. The van der Waals surface area contributed by atoms with E-state index in [1.807, 2.05) is 18.2 Å². The topological polar surface area (TPSA) is 26.0 Å². The highest BCUT2D eigenvalue weighted by Crippen LogP contribution is 2.24. The Morgan fingerprint density at radius 2 is 1.78 bits per heavy atom. The van der Waals surface area contributed by atoms with E-state index in [0.29, 0.717) is 0 Å². The quantitative estimate of drug-likeness (QED) is 0.523. The molecule has 1 aromatic carbocycles. The number of nitrogens with two attached hydrogens (primary N) is 1. The van der Waals surface area contributed by atoms with Crippen LogP contribution in [0, 0.1) is 0 Å². The van der Waals surface area contributed by atoms with E-state index in [1.165, 1.54) is 11.1 Å². The molecule has 1 aliphatic rings. The molecule has 0 atom stereocenters. The number of fused-ring (bicyclic) bond motifs is 1. The Labute approximate surface area is 53.8 Å². The second-order valence-electron chi connectivity index (χ2n) is 2.22. The molecule has 0 saturated heterocycles. The van der Waals surface area contributed by atoms with Crippen LogP contribution in [0.1, 0.15) is 11.1 Å². The second-order valence-corrected chi connectivity index (χ2v) is 2.22. The van der Waals surface area contributed by atoms with Crippen LogP contribution < -0.4 is 5.73 Å². The maximum Gasteiger partial charge on any atom is 0.0320 e. The van der Waals surface area contributed by atoms with E-state index in [2.05, 4.69) is 12.2 Å². The van der Waals surface area contributed by atoms with Gasteiger partial charge in [0.25, 0.3) is 0 Å². The van der Waals surface area contributed by atoms with E-state index >= 15 is 0 Å². The van der Waals surface area contributed by atoms with Crippen LogP contribution in [-0.2, 0) is 0 Å². The Morgan fingerprint density at radius 1 is 1.00 bits per heavy atom. The van der Waals surface area contributed by atoms with Crippen LogP contribution in [0.3, 0.4) is 0 Å². The van der Waals surface area contributed by atoms with E-state index < -0.39 is 0 Å². The average molecular weight is 117 g/mol. The summed E-state index contributed by atoms with van der Waals surface area (Å²) in [6.07, 6.45) is 4.14. The number of hydrogen-bond donors (Lipinski definition) is 1. The monoisotopic (exact) mass is 117 g/mol. The van der Waals surface area contributed by atoms with Crippen LogP contribution in [0.25, 0.3) is 12.2 Å². The van der Waals surface area contributed by atoms with E-state index in [-0.39, 0.29) is 0 Å². The lowest BCUT2D eigenvalue weighted by atomic mass is 9.98. The van der Waals surface area contributed by atoms with Crippen molar-refractivity contribution in [2.45, 2.75) is 0 Å². The molecule has 0 aliphatic heterocycles. The molecule has 0 bridgehead atoms. The number of nitrogen functional groups attached to an aromatic ring is 1. The molecule has 0 aromatic heterocycles. The van der Waals surface area contributed by atoms with Gasteiger partial charge >= 0.3 is 0 Å². The Balaban J connectivity index is 2.63. The average Bonchev–Trinajstić information content (AvgIpc) is 1.78. The number of rotatable bonds is 0. The van der Waals surface area contributed by atoms with Crippen molar-refractivity contribution in [3.8, 4) is 0 Å². The van der Waals surface area contributed by atoms with Crippen molar-refractivity contribution in [3.63, 3.8) is 0 Å². The molecule has 0 unspecified atom stereocenters. The Morgan fingerprint density at radius 3 is 2.22 bits per heavy atom. The van der Waals surface area contributed by atoms with Gasteiger partial charge in [0.05, 0.1) is 0 Å². The fourth-order valence-electron chi connectivity index (χ4n) is 0.973. The summed E-state index contributed by atoms with van der Waals surface area (Å²) in [5.41, 5.74) is 8.93. The molecular formula is C8H7N. The van der Waals surface area contributed by atoms with Crippen molar-refractivity contribution >= 4 is 17.8 Å². The van der Waals surface area contributed by atoms with Crippen molar-refractivity contribution in [1.29, 1.82) is 0 Å². The predicted octanol–water partition coefficient (Wildman–Crippen LogP) is 1.75. The van der Waals surface area contributed by atoms with Gasteiger partial charge in [-0.1, -0.05) is 18.2 Å². The fourth-order valence-corrected chi connectivity index (χ4v) is 0.973. The Kier molecular flexibility index (Phi) is 0.707. The summed E-state index contributed by atoms with van der Waals surface area (Å²) in [4.78, 5) is 0. The van der Waals surface area contributed by atoms with Gasteiger partial charge in [-0.2, -0.15) is 0 Å². The molecule has 9 heavy (non-hydrogen) atoms. The van der Waals surface area contributed by atoms with Crippen LogP contribution in [0.15, 0.2) is 18.2 Å². The standard InChI is InChI=1S/C8H7N/c9-8-4-3-6-1-2-7(6)5-8/h1-5H,9H2. The molecule has 2 N–H and O–H groups in total.